The summed E-state index contributed by atoms with van der Waals surface area (Å²) in [6.45, 7) is 3.98. The third kappa shape index (κ3) is 3.53. The minimum Gasteiger partial charge on any atom is -0.467 e. The normalized spacial score (nSPS) is 37.6. The van der Waals surface area contributed by atoms with Gasteiger partial charge in [-0.25, -0.2) is 0 Å². The molecule has 5 fully saturated rings. The van der Waals surface area contributed by atoms with Crippen LogP contribution in [-0.4, -0.2) is 24.0 Å². The average molecular weight is 370 g/mol. The van der Waals surface area contributed by atoms with Crippen LogP contribution in [0.15, 0.2) is 29.2 Å². The van der Waals surface area contributed by atoms with Gasteiger partial charge in [0.15, 0.2) is 6.61 Å². The molecule has 2 N–H and O–H groups in total. The van der Waals surface area contributed by atoms with Crippen LogP contribution < -0.4 is 10.6 Å². The van der Waals surface area contributed by atoms with Crippen molar-refractivity contribution in [1.29, 1.82) is 0 Å². The van der Waals surface area contributed by atoms with Crippen LogP contribution in [-0.2, 0) is 9.53 Å². The van der Waals surface area contributed by atoms with Crippen LogP contribution in [0.5, 0.6) is 0 Å². The minimum absolute atomic E-state index is 0.000360. The smallest absolute Gasteiger partial charge is 0.258 e. The highest BCUT2D eigenvalue weighted by atomic mass is 16.5. The molecule has 0 aromatic carbocycles. The van der Waals surface area contributed by atoms with Crippen molar-refractivity contribution in [3.8, 4) is 0 Å². The van der Waals surface area contributed by atoms with E-state index >= 15 is 0 Å². The first-order valence-corrected chi connectivity index (χ1v) is 10.8. The van der Waals surface area contributed by atoms with Gasteiger partial charge in [0.1, 0.15) is 5.82 Å². The van der Waals surface area contributed by atoms with Crippen LogP contribution in [0.1, 0.15) is 64.2 Å². The van der Waals surface area contributed by atoms with Gasteiger partial charge in [-0.3, -0.25) is 4.79 Å². The minimum atomic E-state index is -0.000360. The second-order valence-electron chi connectivity index (χ2n) is 9.64. The van der Waals surface area contributed by atoms with Crippen molar-refractivity contribution in [3.63, 3.8) is 0 Å². The Morgan fingerprint density at radius 1 is 1.19 bits per heavy atom. The molecule has 1 heterocycles. The van der Waals surface area contributed by atoms with Gasteiger partial charge in [0.05, 0.1) is 0 Å². The van der Waals surface area contributed by atoms with E-state index in [1.165, 1.54) is 64.2 Å². The largest absolute Gasteiger partial charge is 0.467 e. The Morgan fingerprint density at radius 3 is 2.44 bits per heavy atom. The van der Waals surface area contributed by atoms with E-state index in [-0.39, 0.29) is 18.1 Å². The molecule has 5 heteroatoms. The van der Waals surface area contributed by atoms with Crippen LogP contribution in [0.25, 0.3) is 0 Å². The number of nitrogens with zero attached hydrogens (tertiary/aromatic N) is 1. The van der Waals surface area contributed by atoms with Crippen molar-refractivity contribution >= 4 is 11.8 Å². The quantitative estimate of drug-likeness (QED) is 0.795. The Balaban J connectivity index is 1.19. The fourth-order valence-electron chi connectivity index (χ4n) is 6.79. The average Bonchev–Trinajstić information content (AvgIpc) is 3.12. The predicted molar refractivity (Wildman–Crippen MR) is 105 cm³/mol. The van der Waals surface area contributed by atoms with Crippen molar-refractivity contribution in [2.24, 2.45) is 28.7 Å². The van der Waals surface area contributed by atoms with Crippen LogP contribution in [0.4, 0.5) is 0 Å². The van der Waals surface area contributed by atoms with E-state index in [0.29, 0.717) is 17.6 Å². The van der Waals surface area contributed by atoms with E-state index in [9.17, 15) is 4.79 Å². The number of rotatable bonds is 4. The maximum atomic E-state index is 12.6. The summed E-state index contributed by atoms with van der Waals surface area (Å²) in [5.74, 6) is 4.14. The molecule has 1 amide bonds. The van der Waals surface area contributed by atoms with Crippen molar-refractivity contribution in [2.45, 2.75) is 69.7 Å². The lowest BCUT2D eigenvalue weighted by atomic mass is 9.53. The highest BCUT2D eigenvalue weighted by Gasteiger charge is 2.51. The van der Waals surface area contributed by atoms with Gasteiger partial charge < -0.3 is 15.4 Å². The molecule has 0 atom stereocenters. The second kappa shape index (κ2) is 6.68. The number of nitrogens with one attached hydrogen (secondary N) is 2. The van der Waals surface area contributed by atoms with Gasteiger partial charge in [-0.15, -0.1) is 0 Å². The van der Waals surface area contributed by atoms with Gasteiger partial charge in [-0.05, 0) is 75.0 Å². The van der Waals surface area contributed by atoms with E-state index in [1.54, 1.807) is 0 Å². The Hall–Kier alpha value is -1.78. The lowest BCUT2D eigenvalue weighted by Gasteiger charge is -2.56. The van der Waals surface area contributed by atoms with E-state index in [0.717, 1.165) is 23.5 Å². The Bertz CT molecular complexity index is 667. The number of carbonyl (C=O) groups excluding carboxylic acids is 1. The number of hydrogen-bond acceptors (Lipinski definition) is 4. The lowest BCUT2D eigenvalue weighted by Crippen LogP contribution is -2.60. The number of amides is 1. The highest BCUT2D eigenvalue weighted by Crippen LogP contribution is 2.55. The van der Waals surface area contributed by atoms with Crippen LogP contribution in [0.2, 0.25) is 0 Å². The second-order valence-corrected chi connectivity index (χ2v) is 9.64. The molecule has 27 heavy (non-hydrogen) atoms. The Kier molecular flexibility index (Phi) is 4.29. The molecule has 0 aromatic rings. The highest BCUT2D eigenvalue weighted by molar-refractivity contribution is 5.92. The number of carbonyl (C=O) groups is 1. The van der Waals surface area contributed by atoms with E-state index in [4.69, 9.17) is 4.74 Å². The predicted octanol–water partition coefficient (Wildman–Crippen LogP) is 3.64. The summed E-state index contributed by atoms with van der Waals surface area (Å²) in [6.07, 6.45) is 14.5. The summed E-state index contributed by atoms with van der Waals surface area (Å²) in [5.41, 5.74) is 1.18. The van der Waals surface area contributed by atoms with Crippen LogP contribution in [0.3, 0.4) is 0 Å². The molecule has 0 radical (unpaired) electrons. The van der Waals surface area contributed by atoms with Gasteiger partial charge >= 0.3 is 0 Å². The molecule has 146 valence electrons. The molecule has 0 spiro atoms. The molecular weight excluding hydrogens is 338 g/mol. The molecule has 0 aromatic heterocycles. The van der Waals surface area contributed by atoms with Gasteiger partial charge in [0, 0.05) is 17.3 Å². The first-order valence-electron chi connectivity index (χ1n) is 10.8. The third-order valence-corrected chi connectivity index (χ3v) is 7.40. The summed E-state index contributed by atoms with van der Waals surface area (Å²) in [5, 5.41) is 6.64. The van der Waals surface area contributed by atoms with Crippen molar-refractivity contribution < 1.29 is 9.53 Å². The standard InChI is InChI=1S/C22H31N3O2/c1-14-23-19(18-4-2-3-5-18)9-21(24-14)27-13-20(26)25-22-10-15-6-16(11-22)8-17(7-15)12-22/h9,15-18,23H,1-8,10-13H2,(H,25,26). The Morgan fingerprint density at radius 2 is 1.81 bits per heavy atom. The van der Waals surface area contributed by atoms with Crippen LogP contribution in [0, 0.1) is 23.7 Å². The fourth-order valence-corrected chi connectivity index (χ4v) is 6.79. The van der Waals surface area contributed by atoms with E-state index in [1.807, 2.05) is 6.08 Å². The fraction of sp³-hybridized carbons (Fsp3) is 0.727. The topological polar surface area (TPSA) is 62.7 Å². The summed E-state index contributed by atoms with van der Waals surface area (Å²) in [7, 11) is 0. The summed E-state index contributed by atoms with van der Waals surface area (Å²) >= 11 is 0. The van der Waals surface area contributed by atoms with Crippen molar-refractivity contribution in [2.75, 3.05) is 6.61 Å². The molecular formula is C22H31N3O2. The van der Waals surface area contributed by atoms with Gasteiger partial charge in [0.25, 0.3) is 5.91 Å². The zero-order chi connectivity index (χ0) is 18.4. The zero-order valence-electron chi connectivity index (χ0n) is 16.1. The summed E-state index contributed by atoms with van der Waals surface area (Å²) in [6, 6.07) is 0. The number of aliphatic imine (C=N–C) groups is 1. The summed E-state index contributed by atoms with van der Waals surface area (Å²) in [4.78, 5) is 17.0. The molecule has 6 aliphatic rings. The number of hydrogen-bond donors (Lipinski definition) is 2. The monoisotopic (exact) mass is 369 g/mol. The maximum Gasteiger partial charge on any atom is 0.258 e. The summed E-state index contributed by atoms with van der Waals surface area (Å²) < 4.78 is 5.78. The lowest BCUT2D eigenvalue weighted by molar-refractivity contribution is -0.129. The van der Waals surface area contributed by atoms with Crippen molar-refractivity contribution in [1.82, 2.24) is 10.6 Å². The zero-order valence-corrected chi connectivity index (χ0v) is 16.1. The molecule has 5 saturated carbocycles. The molecule has 4 bridgehead atoms. The first kappa shape index (κ1) is 17.3. The molecule has 5 nitrogen and oxygen atoms in total. The molecule has 5 aliphatic carbocycles. The van der Waals surface area contributed by atoms with Gasteiger partial charge in [-0.1, -0.05) is 19.4 Å². The number of ether oxygens (including phenoxy) is 1. The molecule has 0 unspecified atom stereocenters. The van der Waals surface area contributed by atoms with Gasteiger partial charge in [-0.2, -0.15) is 4.99 Å². The Labute approximate surface area is 161 Å². The molecule has 1 aliphatic heterocycles. The van der Waals surface area contributed by atoms with Crippen LogP contribution >= 0.6 is 0 Å². The maximum absolute atomic E-state index is 12.6. The van der Waals surface area contributed by atoms with Crippen molar-refractivity contribution in [3.05, 3.63) is 24.2 Å². The van der Waals surface area contributed by atoms with Gasteiger partial charge in [0.2, 0.25) is 5.90 Å². The first-order chi connectivity index (χ1) is 13.1. The number of allylic oxidation sites excluding steroid dienone is 1. The van der Waals surface area contributed by atoms with E-state index in [2.05, 4.69) is 22.2 Å². The third-order valence-electron chi connectivity index (χ3n) is 7.40. The van der Waals surface area contributed by atoms with E-state index < -0.39 is 0 Å². The molecule has 0 saturated heterocycles. The SMILES string of the molecule is C=C1N=C(OCC(=O)NC23CC4CC(CC(C4)C2)C3)C=C(C2CCCC2)N1. The molecule has 6 rings (SSSR count).